The number of aromatic nitrogens is 1. The molecule has 3 heterocycles. The molecule has 2 aliphatic rings. The van der Waals surface area contributed by atoms with Crippen LogP contribution >= 0.6 is 24.8 Å². The van der Waals surface area contributed by atoms with Gasteiger partial charge in [-0.1, -0.05) is 17.3 Å². The fraction of sp³-hybridized carbons (Fsp3) is 0.190. The van der Waals surface area contributed by atoms with E-state index in [1.54, 1.807) is 0 Å². The molecular formula is C21H21Cl2N5O. The van der Waals surface area contributed by atoms with E-state index in [1.807, 2.05) is 30.9 Å². The normalized spacial score (nSPS) is 14.8. The Bertz CT molecular complexity index is 1020. The van der Waals surface area contributed by atoms with Crippen molar-refractivity contribution in [1.29, 1.82) is 0 Å². The van der Waals surface area contributed by atoms with Crippen LogP contribution in [-0.2, 0) is 0 Å². The average molecular weight is 430 g/mol. The van der Waals surface area contributed by atoms with Gasteiger partial charge < -0.3 is 14.3 Å². The van der Waals surface area contributed by atoms with E-state index < -0.39 is 0 Å². The van der Waals surface area contributed by atoms with Crippen LogP contribution in [0.15, 0.2) is 69.1 Å². The van der Waals surface area contributed by atoms with Gasteiger partial charge in [-0.2, -0.15) is 0 Å². The zero-order chi connectivity index (χ0) is 18.1. The second kappa shape index (κ2) is 9.11. The number of rotatable bonds is 4. The molecule has 0 N–H and O–H groups in total. The van der Waals surface area contributed by atoms with E-state index in [2.05, 4.69) is 61.3 Å². The highest BCUT2D eigenvalue weighted by atomic mass is 35.5. The Morgan fingerprint density at radius 3 is 2.07 bits per heavy atom. The molecule has 0 spiro atoms. The summed E-state index contributed by atoms with van der Waals surface area (Å²) in [5.74, 6) is 0.764. The smallest absolute Gasteiger partial charge is 0.167 e. The predicted octanol–water partition coefficient (Wildman–Crippen LogP) is 4.55. The molecule has 0 bridgehead atoms. The average Bonchev–Trinajstić information content (AvgIpc) is 3.51. The van der Waals surface area contributed by atoms with Gasteiger partial charge in [0.25, 0.3) is 0 Å². The molecule has 0 amide bonds. The van der Waals surface area contributed by atoms with Gasteiger partial charge in [-0.3, -0.25) is 9.98 Å². The van der Waals surface area contributed by atoms with E-state index in [0.717, 1.165) is 60.1 Å². The summed E-state index contributed by atoms with van der Waals surface area (Å²) in [6, 6.07) is 18.6. The molecule has 3 aromatic rings. The number of anilines is 2. The zero-order valence-electron chi connectivity index (χ0n) is 15.6. The first-order valence-corrected chi connectivity index (χ1v) is 9.08. The van der Waals surface area contributed by atoms with Crippen LogP contribution < -0.4 is 9.80 Å². The highest BCUT2D eigenvalue weighted by molar-refractivity contribution is 5.86. The second-order valence-corrected chi connectivity index (χ2v) is 6.60. The Morgan fingerprint density at radius 1 is 0.724 bits per heavy atom. The van der Waals surface area contributed by atoms with Crippen LogP contribution in [0.2, 0.25) is 0 Å². The second-order valence-electron chi connectivity index (χ2n) is 6.60. The molecule has 150 valence electrons. The van der Waals surface area contributed by atoms with Crippen molar-refractivity contribution >= 4 is 48.9 Å². The summed E-state index contributed by atoms with van der Waals surface area (Å²) in [6.07, 6.45) is 3.78. The van der Waals surface area contributed by atoms with Crippen molar-refractivity contribution in [3.05, 3.63) is 54.6 Å². The van der Waals surface area contributed by atoms with Crippen molar-refractivity contribution in [2.45, 2.75) is 0 Å². The monoisotopic (exact) mass is 429 g/mol. The summed E-state index contributed by atoms with van der Waals surface area (Å²) in [5.41, 5.74) is 5.14. The largest absolute Gasteiger partial charge is 0.356 e. The summed E-state index contributed by atoms with van der Waals surface area (Å²) in [7, 11) is 0. The molecule has 0 saturated heterocycles. The SMILES string of the molecule is C1=NCCN1c1ccc(-c2cc(-c3cccc(N4C=NCC4)c3)no2)cc1.Cl.Cl. The van der Waals surface area contributed by atoms with Gasteiger partial charge in [0.05, 0.1) is 25.8 Å². The van der Waals surface area contributed by atoms with Crippen molar-refractivity contribution in [2.75, 3.05) is 36.0 Å². The number of benzene rings is 2. The van der Waals surface area contributed by atoms with Crippen molar-refractivity contribution in [3.8, 4) is 22.6 Å². The number of nitrogens with zero attached hydrogens (tertiary/aromatic N) is 5. The molecule has 2 aliphatic heterocycles. The number of aliphatic imine (C=N–C) groups is 2. The maximum atomic E-state index is 5.61. The van der Waals surface area contributed by atoms with E-state index in [0.29, 0.717) is 0 Å². The number of hydrogen-bond acceptors (Lipinski definition) is 6. The van der Waals surface area contributed by atoms with Crippen molar-refractivity contribution in [3.63, 3.8) is 0 Å². The van der Waals surface area contributed by atoms with Gasteiger partial charge in [0.1, 0.15) is 5.69 Å². The standard InChI is InChI=1S/C21H19N5O.2ClH/c1-2-17(12-19(3-1)26-11-9-23-15-26)20-13-21(27-24-20)16-4-6-18(7-5-16)25-10-8-22-14-25;;/h1-7,12-15H,8-11H2;2*1H. The molecule has 0 unspecified atom stereocenters. The molecule has 0 saturated carbocycles. The van der Waals surface area contributed by atoms with Gasteiger partial charge in [0, 0.05) is 41.7 Å². The molecule has 0 aliphatic carbocycles. The van der Waals surface area contributed by atoms with Gasteiger partial charge in [-0.05, 0) is 36.4 Å². The van der Waals surface area contributed by atoms with Gasteiger partial charge in [0.15, 0.2) is 5.76 Å². The Morgan fingerprint density at radius 2 is 1.41 bits per heavy atom. The minimum absolute atomic E-state index is 0. The maximum absolute atomic E-state index is 5.61. The molecule has 6 nitrogen and oxygen atoms in total. The molecule has 29 heavy (non-hydrogen) atoms. The lowest BCUT2D eigenvalue weighted by Crippen LogP contribution is -2.17. The highest BCUT2D eigenvalue weighted by Gasteiger charge is 2.13. The third-order valence-corrected chi connectivity index (χ3v) is 4.85. The van der Waals surface area contributed by atoms with Crippen LogP contribution in [0.1, 0.15) is 0 Å². The number of halogens is 2. The first-order valence-electron chi connectivity index (χ1n) is 9.08. The molecule has 0 atom stereocenters. The summed E-state index contributed by atoms with van der Waals surface area (Å²) in [5, 5.41) is 4.27. The minimum atomic E-state index is 0. The van der Waals surface area contributed by atoms with Crippen molar-refractivity contribution in [1.82, 2.24) is 5.16 Å². The van der Waals surface area contributed by atoms with Gasteiger partial charge in [-0.25, -0.2) is 0 Å². The fourth-order valence-corrected chi connectivity index (χ4v) is 3.36. The zero-order valence-corrected chi connectivity index (χ0v) is 17.3. The third-order valence-electron chi connectivity index (χ3n) is 4.85. The molecular weight excluding hydrogens is 409 g/mol. The van der Waals surface area contributed by atoms with Crippen molar-refractivity contribution < 1.29 is 4.52 Å². The van der Waals surface area contributed by atoms with E-state index >= 15 is 0 Å². The lowest BCUT2D eigenvalue weighted by Gasteiger charge is -2.14. The summed E-state index contributed by atoms with van der Waals surface area (Å²) >= 11 is 0. The van der Waals surface area contributed by atoms with E-state index in [1.165, 1.54) is 0 Å². The molecule has 2 aromatic carbocycles. The molecule has 0 radical (unpaired) electrons. The minimum Gasteiger partial charge on any atom is -0.356 e. The van der Waals surface area contributed by atoms with Gasteiger partial charge >= 0.3 is 0 Å². The van der Waals surface area contributed by atoms with Crippen LogP contribution in [0.25, 0.3) is 22.6 Å². The summed E-state index contributed by atoms with van der Waals surface area (Å²) in [6.45, 7) is 3.55. The summed E-state index contributed by atoms with van der Waals surface area (Å²) in [4.78, 5) is 12.8. The molecule has 1 aromatic heterocycles. The van der Waals surface area contributed by atoms with Gasteiger partial charge in [-0.15, -0.1) is 24.8 Å². The van der Waals surface area contributed by atoms with E-state index in [-0.39, 0.29) is 24.8 Å². The van der Waals surface area contributed by atoms with Crippen LogP contribution in [0.4, 0.5) is 11.4 Å². The Kier molecular flexibility index (Phi) is 6.56. The Hall–Kier alpha value is -2.83. The van der Waals surface area contributed by atoms with E-state index in [4.69, 9.17) is 4.52 Å². The van der Waals surface area contributed by atoms with E-state index in [9.17, 15) is 0 Å². The Labute approximate surface area is 181 Å². The highest BCUT2D eigenvalue weighted by Crippen LogP contribution is 2.29. The first kappa shape index (κ1) is 20.9. The number of hydrogen-bond donors (Lipinski definition) is 0. The van der Waals surface area contributed by atoms with Gasteiger partial charge in [0.2, 0.25) is 0 Å². The Balaban J connectivity index is 0.00000120. The molecule has 8 heteroatoms. The van der Waals surface area contributed by atoms with Crippen LogP contribution in [-0.4, -0.2) is 44.0 Å². The van der Waals surface area contributed by atoms with Crippen LogP contribution in [0.5, 0.6) is 0 Å². The lowest BCUT2D eigenvalue weighted by molar-refractivity contribution is 0.435. The fourth-order valence-electron chi connectivity index (χ4n) is 3.36. The third kappa shape index (κ3) is 4.28. The summed E-state index contributed by atoms with van der Waals surface area (Å²) < 4.78 is 5.61. The lowest BCUT2D eigenvalue weighted by atomic mass is 10.1. The molecule has 0 fully saturated rings. The maximum Gasteiger partial charge on any atom is 0.167 e. The van der Waals surface area contributed by atoms with Crippen molar-refractivity contribution in [2.24, 2.45) is 9.98 Å². The first-order chi connectivity index (χ1) is 13.4. The van der Waals surface area contributed by atoms with Crippen LogP contribution in [0, 0.1) is 0 Å². The predicted molar refractivity (Wildman–Crippen MR) is 123 cm³/mol. The topological polar surface area (TPSA) is 57.2 Å². The van der Waals surface area contributed by atoms with Crippen LogP contribution in [0.3, 0.4) is 0 Å². The molecule has 5 rings (SSSR count). The quantitative estimate of drug-likeness (QED) is 0.610.